The molecule has 6 nitrogen and oxygen atoms in total. The van der Waals surface area contributed by atoms with Gasteiger partial charge in [0.1, 0.15) is 0 Å². The van der Waals surface area contributed by atoms with E-state index in [4.69, 9.17) is 10.7 Å². The fourth-order valence-electron chi connectivity index (χ4n) is 3.89. The summed E-state index contributed by atoms with van der Waals surface area (Å²) in [6.45, 7) is 10.3. The Morgan fingerprint density at radius 2 is 1.59 bits per heavy atom. The highest BCUT2D eigenvalue weighted by Gasteiger charge is 2.22. The second kappa shape index (κ2) is 17.5. The molecule has 1 amide bonds. The molecule has 1 aliphatic rings. The number of nitrogens with zero attached hydrogens (tertiary/aromatic N) is 2. The second-order valence-corrected chi connectivity index (χ2v) is 8.39. The van der Waals surface area contributed by atoms with E-state index >= 15 is 0 Å². The number of unbranched alkanes of at least 4 members (excludes halogenated alkanes) is 8. The summed E-state index contributed by atoms with van der Waals surface area (Å²) >= 11 is 0. The van der Waals surface area contributed by atoms with Crippen molar-refractivity contribution in [1.82, 2.24) is 15.5 Å². The molecule has 0 saturated carbocycles. The average molecular weight is 410 g/mol. The minimum absolute atomic E-state index is 0.0906. The van der Waals surface area contributed by atoms with Crippen LogP contribution in [-0.4, -0.2) is 56.0 Å². The molecule has 0 unspecified atom stereocenters. The molecule has 0 aromatic heterocycles. The summed E-state index contributed by atoms with van der Waals surface area (Å²) in [4.78, 5) is 18.4. The highest BCUT2D eigenvalue weighted by Crippen LogP contribution is 2.16. The van der Waals surface area contributed by atoms with Crippen molar-refractivity contribution < 1.29 is 4.79 Å². The molecular weight excluding hydrogens is 362 g/mol. The van der Waals surface area contributed by atoms with Crippen molar-refractivity contribution in [3.05, 3.63) is 0 Å². The number of likely N-dealkylation sites (tertiary alicyclic amines) is 1. The van der Waals surface area contributed by atoms with Crippen LogP contribution in [0.15, 0.2) is 4.99 Å². The van der Waals surface area contributed by atoms with Gasteiger partial charge in [-0.3, -0.25) is 9.79 Å². The molecule has 170 valence electrons. The Morgan fingerprint density at radius 3 is 2.21 bits per heavy atom. The van der Waals surface area contributed by atoms with Crippen molar-refractivity contribution in [3.63, 3.8) is 0 Å². The first-order valence-electron chi connectivity index (χ1n) is 12.2. The predicted octanol–water partition coefficient (Wildman–Crippen LogP) is 3.66. The maximum Gasteiger partial charge on any atom is 0.220 e. The maximum atomic E-state index is 11.2. The van der Waals surface area contributed by atoms with E-state index in [0.717, 1.165) is 64.5 Å². The molecule has 0 bridgehead atoms. The zero-order valence-electron chi connectivity index (χ0n) is 19.2. The van der Waals surface area contributed by atoms with E-state index in [1.165, 1.54) is 57.8 Å². The summed E-state index contributed by atoms with van der Waals surface area (Å²) in [6, 6.07) is 0. The third-order valence-electron chi connectivity index (χ3n) is 5.81. The van der Waals surface area contributed by atoms with Crippen molar-refractivity contribution in [2.75, 3.05) is 39.3 Å². The molecule has 1 saturated heterocycles. The first-order chi connectivity index (χ1) is 14.2. The highest BCUT2D eigenvalue weighted by atomic mass is 16.1. The van der Waals surface area contributed by atoms with E-state index in [0.29, 0.717) is 0 Å². The number of nitrogens with one attached hydrogen (secondary N) is 2. The van der Waals surface area contributed by atoms with Crippen LogP contribution in [-0.2, 0) is 4.79 Å². The van der Waals surface area contributed by atoms with Crippen molar-refractivity contribution >= 4 is 11.9 Å². The van der Waals surface area contributed by atoms with E-state index in [1.807, 2.05) is 0 Å². The lowest BCUT2D eigenvalue weighted by Crippen LogP contribution is -2.39. The minimum atomic E-state index is -0.129. The lowest BCUT2D eigenvalue weighted by atomic mass is 9.96. The summed E-state index contributed by atoms with van der Waals surface area (Å²) in [6.07, 6.45) is 14.9. The summed E-state index contributed by atoms with van der Waals surface area (Å²) in [5, 5.41) is 6.81. The number of guanidine groups is 1. The molecule has 4 N–H and O–H groups in total. The number of rotatable bonds is 16. The smallest absolute Gasteiger partial charge is 0.220 e. The number of nitrogens with two attached hydrogens (primary N) is 1. The molecule has 1 rings (SSSR count). The van der Waals surface area contributed by atoms with Crippen LogP contribution in [0.4, 0.5) is 0 Å². The van der Waals surface area contributed by atoms with Gasteiger partial charge in [0.2, 0.25) is 5.91 Å². The maximum absolute atomic E-state index is 11.2. The van der Waals surface area contributed by atoms with Crippen LogP contribution in [0.25, 0.3) is 0 Å². The van der Waals surface area contributed by atoms with Gasteiger partial charge in [0.15, 0.2) is 5.96 Å². The van der Waals surface area contributed by atoms with Crippen molar-refractivity contribution in [2.45, 2.75) is 90.9 Å². The zero-order valence-corrected chi connectivity index (χ0v) is 19.2. The SMILES string of the molecule is CCCCCCCCCCN=C(NCC)NCCCCN1CCC(C(N)=O)CC1. The van der Waals surface area contributed by atoms with Crippen molar-refractivity contribution in [1.29, 1.82) is 0 Å². The largest absolute Gasteiger partial charge is 0.369 e. The molecule has 1 aliphatic heterocycles. The Bertz CT molecular complexity index is 433. The van der Waals surface area contributed by atoms with Gasteiger partial charge in [-0.25, -0.2) is 0 Å². The Labute approximate surface area is 179 Å². The standard InChI is InChI=1S/C23H47N5O/c1-3-5-6-7-8-9-10-11-16-26-23(25-4-2)27-17-12-13-18-28-19-14-21(15-20-28)22(24)29/h21H,3-20H2,1-2H3,(H2,24,29)(H2,25,26,27). The fourth-order valence-corrected chi connectivity index (χ4v) is 3.89. The van der Waals surface area contributed by atoms with Gasteiger partial charge in [0.25, 0.3) is 0 Å². The number of hydrogen-bond acceptors (Lipinski definition) is 3. The fraction of sp³-hybridized carbons (Fsp3) is 0.913. The number of primary amides is 1. The third-order valence-corrected chi connectivity index (χ3v) is 5.81. The van der Waals surface area contributed by atoms with Crippen LogP contribution in [0.2, 0.25) is 0 Å². The van der Waals surface area contributed by atoms with Gasteiger partial charge in [-0.05, 0) is 58.7 Å². The van der Waals surface area contributed by atoms with E-state index < -0.39 is 0 Å². The van der Waals surface area contributed by atoms with Crippen LogP contribution in [0.1, 0.15) is 90.9 Å². The number of carbonyl (C=O) groups excluding carboxylic acids is 1. The van der Waals surface area contributed by atoms with Gasteiger partial charge in [0.05, 0.1) is 0 Å². The Morgan fingerprint density at radius 1 is 0.931 bits per heavy atom. The summed E-state index contributed by atoms with van der Waals surface area (Å²) in [7, 11) is 0. The average Bonchev–Trinajstić information content (AvgIpc) is 2.72. The Hall–Kier alpha value is -1.30. The van der Waals surface area contributed by atoms with E-state index in [9.17, 15) is 4.79 Å². The van der Waals surface area contributed by atoms with Crippen LogP contribution in [0.5, 0.6) is 0 Å². The van der Waals surface area contributed by atoms with Crippen LogP contribution in [0.3, 0.4) is 0 Å². The van der Waals surface area contributed by atoms with Crippen LogP contribution < -0.4 is 16.4 Å². The normalized spacial score (nSPS) is 16.1. The topological polar surface area (TPSA) is 82.8 Å². The third kappa shape index (κ3) is 13.5. The number of carbonyl (C=O) groups is 1. The van der Waals surface area contributed by atoms with Crippen molar-refractivity contribution in [3.8, 4) is 0 Å². The molecule has 1 heterocycles. The van der Waals surface area contributed by atoms with Gasteiger partial charge in [-0.15, -0.1) is 0 Å². The zero-order chi connectivity index (χ0) is 21.2. The van der Waals surface area contributed by atoms with Crippen molar-refractivity contribution in [2.24, 2.45) is 16.6 Å². The predicted molar refractivity (Wildman–Crippen MR) is 124 cm³/mol. The Balaban J connectivity index is 2.04. The molecule has 0 aromatic rings. The number of hydrogen-bond donors (Lipinski definition) is 3. The molecule has 0 aliphatic carbocycles. The van der Waals surface area contributed by atoms with Gasteiger partial charge in [-0.1, -0.05) is 51.9 Å². The van der Waals surface area contributed by atoms with Crippen LogP contribution >= 0.6 is 0 Å². The van der Waals surface area contributed by atoms with E-state index in [2.05, 4.69) is 29.4 Å². The highest BCUT2D eigenvalue weighted by molar-refractivity contribution is 5.79. The lowest BCUT2D eigenvalue weighted by Gasteiger charge is -2.30. The molecule has 0 spiro atoms. The first kappa shape index (κ1) is 25.7. The number of piperidine rings is 1. The van der Waals surface area contributed by atoms with E-state index in [-0.39, 0.29) is 11.8 Å². The summed E-state index contributed by atoms with van der Waals surface area (Å²) in [5.74, 6) is 0.918. The lowest BCUT2D eigenvalue weighted by molar-refractivity contribution is -0.123. The molecule has 29 heavy (non-hydrogen) atoms. The minimum Gasteiger partial charge on any atom is -0.369 e. The number of amides is 1. The monoisotopic (exact) mass is 409 g/mol. The first-order valence-corrected chi connectivity index (χ1v) is 12.2. The van der Waals surface area contributed by atoms with Gasteiger partial charge in [0, 0.05) is 25.6 Å². The molecule has 1 fully saturated rings. The van der Waals surface area contributed by atoms with Crippen LogP contribution in [0, 0.1) is 5.92 Å². The molecule has 0 atom stereocenters. The van der Waals surface area contributed by atoms with E-state index in [1.54, 1.807) is 0 Å². The molecular formula is C23H47N5O. The summed E-state index contributed by atoms with van der Waals surface area (Å²) < 4.78 is 0. The van der Waals surface area contributed by atoms with Gasteiger partial charge < -0.3 is 21.3 Å². The molecule has 0 radical (unpaired) electrons. The quantitative estimate of drug-likeness (QED) is 0.206. The molecule has 0 aromatic carbocycles. The van der Waals surface area contributed by atoms with Gasteiger partial charge >= 0.3 is 0 Å². The second-order valence-electron chi connectivity index (χ2n) is 8.39. The van der Waals surface area contributed by atoms with Gasteiger partial charge in [-0.2, -0.15) is 0 Å². The Kier molecular flexibility index (Phi) is 15.6. The summed E-state index contributed by atoms with van der Waals surface area (Å²) in [5.41, 5.74) is 5.40. The number of aliphatic imine (C=N–C) groups is 1. The molecule has 6 heteroatoms.